The highest BCUT2D eigenvalue weighted by atomic mass is 19.4. The smallest absolute Gasteiger partial charge is 0.314 e. The lowest BCUT2D eigenvalue weighted by molar-refractivity contribution is -0.142. The molecule has 2 aliphatic heterocycles. The monoisotopic (exact) mass is 543 g/mol. The summed E-state index contributed by atoms with van der Waals surface area (Å²) in [7, 11) is 0. The van der Waals surface area contributed by atoms with E-state index >= 15 is 0 Å². The van der Waals surface area contributed by atoms with Crippen molar-refractivity contribution in [2.75, 3.05) is 5.32 Å². The Labute approximate surface area is 210 Å². The normalized spacial score (nSPS) is 23.2. The summed E-state index contributed by atoms with van der Waals surface area (Å²) in [5, 5.41) is 9.81. The molecule has 1 aromatic carbocycles. The SMILES string of the molecule is C[C@@H]1C[C@H]2C[C@@](Cn3ncc(C(F)(F)F)n3)(C1)N2C(=O)Nc1ccc(C(F)(F)F)c(-c2ncc(F)cn2)c1. The van der Waals surface area contributed by atoms with Crippen LogP contribution >= 0.6 is 0 Å². The van der Waals surface area contributed by atoms with E-state index in [1.807, 2.05) is 6.92 Å². The summed E-state index contributed by atoms with van der Waals surface area (Å²) in [6, 6.07) is 2.05. The number of amides is 2. The molecule has 2 saturated heterocycles. The number of carbonyl (C=O) groups is 1. The molecule has 0 radical (unpaired) electrons. The van der Waals surface area contributed by atoms with Crippen LogP contribution in [0.1, 0.15) is 37.4 Å². The number of hydrogen-bond donors (Lipinski definition) is 1. The molecular weight excluding hydrogens is 523 g/mol. The van der Waals surface area contributed by atoms with Crippen molar-refractivity contribution in [3.05, 3.63) is 53.9 Å². The number of aromatic nitrogens is 5. The predicted molar refractivity (Wildman–Crippen MR) is 118 cm³/mol. The standard InChI is InChI=1S/C23H20F7N7O/c1-12-4-15-7-21(6-12,11-36-33-10-18(35-36)23(28,29)30)37(15)20(38)34-14-2-3-17(22(25,26)27)16(5-14)19-31-8-13(24)9-32-19/h2-3,5,8-10,12,15H,4,6-7,11H2,1H3,(H,34,38)/t12-,15+,21-/m1/s1. The zero-order valence-electron chi connectivity index (χ0n) is 19.7. The molecule has 1 aliphatic carbocycles. The van der Waals surface area contributed by atoms with Gasteiger partial charge < -0.3 is 10.2 Å². The van der Waals surface area contributed by atoms with Crippen molar-refractivity contribution in [1.82, 2.24) is 29.9 Å². The molecule has 3 aromatic rings. The lowest BCUT2D eigenvalue weighted by atomic mass is 9.64. The number of urea groups is 1. The zero-order valence-corrected chi connectivity index (χ0v) is 19.7. The van der Waals surface area contributed by atoms with Gasteiger partial charge in [0.15, 0.2) is 17.3 Å². The van der Waals surface area contributed by atoms with Gasteiger partial charge in [0.2, 0.25) is 0 Å². The van der Waals surface area contributed by atoms with Crippen LogP contribution < -0.4 is 5.32 Å². The summed E-state index contributed by atoms with van der Waals surface area (Å²) in [5.41, 5.74) is -3.52. The fourth-order valence-corrected chi connectivity index (χ4v) is 5.51. The minimum Gasteiger partial charge on any atom is -0.314 e. The molecule has 3 aliphatic rings. The summed E-state index contributed by atoms with van der Waals surface area (Å²) in [6.07, 6.45) is -5.68. The van der Waals surface area contributed by atoms with Crippen LogP contribution in [-0.2, 0) is 18.9 Å². The van der Waals surface area contributed by atoms with Crippen LogP contribution in [-0.4, -0.2) is 47.5 Å². The maximum atomic E-state index is 13.6. The Balaban J connectivity index is 1.41. The Bertz CT molecular complexity index is 1360. The van der Waals surface area contributed by atoms with Crippen molar-refractivity contribution in [2.45, 2.75) is 56.7 Å². The lowest BCUT2D eigenvalue weighted by Gasteiger charge is -2.63. The molecule has 1 saturated carbocycles. The first-order valence-electron chi connectivity index (χ1n) is 11.5. The van der Waals surface area contributed by atoms with Gasteiger partial charge in [-0.3, -0.25) is 0 Å². The van der Waals surface area contributed by atoms with Crippen LogP contribution in [0, 0.1) is 11.7 Å². The highest BCUT2D eigenvalue weighted by molar-refractivity contribution is 5.92. The second-order valence-electron chi connectivity index (χ2n) is 9.67. The molecule has 6 rings (SSSR count). The van der Waals surface area contributed by atoms with Gasteiger partial charge in [0, 0.05) is 17.3 Å². The van der Waals surface area contributed by atoms with Crippen LogP contribution in [0.3, 0.4) is 0 Å². The molecule has 3 fully saturated rings. The molecule has 0 spiro atoms. The molecule has 2 bridgehead atoms. The molecule has 4 heterocycles. The second-order valence-corrected chi connectivity index (χ2v) is 9.67. The molecule has 202 valence electrons. The van der Waals surface area contributed by atoms with Gasteiger partial charge in [-0.2, -0.15) is 36.2 Å². The first-order chi connectivity index (χ1) is 17.7. The van der Waals surface area contributed by atoms with Gasteiger partial charge >= 0.3 is 18.4 Å². The van der Waals surface area contributed by atoms with E-state index < -0.39 is 46.6 Å². The molecule has 2 aromatic heterocycles. The fraction of sp³-hybridized carbons (Fsp3) is 0.435. The second kappa shape index (κ2) is 8.91. The number of carbonyl (C=O) groups excluding carboxylic acids is 1. The number of rotatable bonds is 4. The molecule has 1 N–H and O–H groups in total. The van der Waals surface area contributed by atoms with Gasteiger partial charge in [0.05, 0.1) is 36.2 Å². The summed E-state index contributed by atoms with van der Waals surface area (Å²) < 4.78 is 93.0. The molecule has 2 amide bonds. The van der Waals surface area contributed by atoms with Gasteiger partial charge in [-0.25, -0.2) is 19.2 Å². The predicted octanol–water partition coefficient (Wildman–Crippen LogP) is 5.39. The molecular formula is C23H20F7N7O. The van der Waals surface area contributed by atoms with E-state index in [2.05, 4.69) is 25.5 Å². The third-order valence-corrected chi connectivity index (χ3v) is 6.81. The topological polar surface area (TPSA) is 88.8 Å². The number of piperidine rings is 1. The van der Waals surface area contributed by atoms with E-state index in [1.54, 1.807) is 0 Å². The number of benzene rings is 1. The van der Waals surface area contributed by atoms with Gasteiger partial charge in [0.25, 0.3) is 0 Å². The number of hydrogen-bond acceptors (Lipinski definition) is 5. The Kier molecular flexibility index (Phi) is 6.06. The zero-order chi connectivity index (χ0) is 27.5. The number of halogens is 7. The summed E-state index contributed by atoms with van der Waals surface area (Å²) >= 11 is 0. The van der Waals surface area contributed by atoms with Gasteiger partial charge in [0.1, 0.15) is 0 Å². The van der Waals surface area contributed by atoms with Gasteiger partial charge in [-0.1, -0.05) is 6.92 Å². The van der Waals surface area contributed by atoms with Crippen molar-refractivity contribution in [3.63, 3.8) is 0 Å². The van der Waals surface area contributed by atoms with E-state index in [1.165, 1.54) is 4.90 Å². The molecule has 3 atom stereocenters. The van der Waals surface area contributed by atoms with Gasteiger partial charge in [-0.15, -0.1) is 5.10 Å². The molecule has 0 unspecified atom stereocenters. The van der Waals surface area contributed by atoms with Crippen LogP contribution in [0.4, 0.5) is 41.2 Å². The minimum atomic E-state index is -4.77. The first kappa shape index (κ1) is 25.9. The average Bonchev–Trinajstić information content (AvgIpc) is 3.27. The number of fused-ring (bicyclic) bond motifs is 2. The van der Waals surface area contributed by atoms with Crippen molar-refractivity contribution >= 4 is 11.7 Å². The van der Waals surface area contributed by atoms with Crippen molar-refractivity contribution in [2.24, 2.45) is 5.92 Å². The Morgan fingerprint density at radius 2 is 1.79 bits per heavy atom. The Morgan fingerprint density at radius 1 is 1.08 bits per heavy atom. The average molecular weight is 543 g/mol. The third kappa shape index (κ3) is 4.76. The number of nitrogens with one attached hydrogen (secondary N) is 1. The fourth-order valence-electron chi connectivity index (χ4n) is 5.51. The van der Waals surface area contributed by atoms with Crippen molar-refractivity contribution < 1.29 is 35.5 Å². The van der Waals surface area contributed by atoms with Crippen molar-refractivity contribution in [3.8, 4) is 11.4 Å². The molecule has 38 heavy (non-hydrogen) atoms. The van der Waals surface area contributed by atoms with Crippen LogP contribution in [0.15, 0.2) is 36.8 Å². The van der Waals surface area contributed by atoms with Crippen molar-refractivity contribution in [1.29, 1.82) is 0 Å². The lowest BCUT2D eigenvalue weighted by Crippen LogP contribution is -2.73. The Hall–Kier alpha value is -3.78. The highest BCUT2D eigenvalue weighted by Crippen LogP contribution is 2.51. The van der Waals surface area contributed by atoms with E-state index in [0.29, 0.717) is 25.5 Å². The molecule has 8 nitrogen and oxygen atoms in total. The third-order valence-electron chi connectivity index (χ3n) is 6.81. The van der Waals surface area contributed by atoms with E-state index in [-0.39, 0.29) is 30.0 Å². The van der Waals surface area contributed by atoms with E-state index in [4.69, 9.17) is 0 Å². The maximum Gasteiger partial charge on any atom is 0.436 e. The minimum absolute atomic E-state index is 0.00988. The largest absolute Gasteiger partial charge is 0.436 e. The van der Waals surface area contributed by atoms with Crippen LogP contribution in [0.2, 0.25) is 0 Å². The van der Waals surface area contributed by atoms with Crippen LogP contribution in [0.25, 0.3) is 11.4 Å². The first-order valence-corrected chi connectivity index (χ1v) is 11.5. The van der Waals surface area contributed by atoms with Gasteiger partial charge in [-0.05, 0) is 43.4 Å². The van der Waals surface area contributed by atoms with E-state index in [9.17, 15) is 35.5 Å². The number of anilines is 1. The highest BCUT2D eigenvalue weighted by Gasteiger charge is 2.58. The summed E-state index contributed by atoms with van der Waals surface area (Å²) in [6.45, 7) is 1.90. The summed E-state index contributed by atoms with van der Waals surface area (Å²) in [5.74, 6) is -1.03. The quantitative estimate of drug-likeness (QED) is 0.446. The summed E-state index contributed by atoms with van der Waals surface area (Å²) in [4.78, 5) is 23.0. The Morgan fingerprint density at radius 3 is 2.42 bits per heavy atom. The van der Waals surface area contributed by atoms with E-state index in [0.717, 1.165) is 35.4 Å². The number of alkyl halides is 6. The molecule has 15 heteroatoms. The van der Waals surface area contributed by atoms with Crippen LogP contribution in [0.5, 0.6) is 0 Å². The maximum absolute atomic E-state index is 13.6. The number of nitrogens with zero attached hydrogens (tertiary/aromatic N) is 6.